The Hall–Kier alpha value is -2.51. The lowest BCUT2D eigenvalue weighted by molar-refractivity contribution is 0.102. The molecule has 0 aliphatic carbocycles. The predicted octanol–water partition coefficient (Wildman–Crippen LogP) is 1.96. The van der Waals surface area contributed by atoms with Crippen LogP contribution in [0.15, 0.2) is 52.3 Å². The third kappa shape index (κ3) is 5.27. The number of sulfonamides is 2. The number of anilines is 1. The topological polar surface area (TPSA) is 131 Å². The first-order chi connectivity index (χ1) is 15.2. The van der Waals surface area contributed by atoms with Gasteiger partial charge in [0.1, 0.15) is 10.6 Å². The molecule has 32 heavy (non-hydrogen) atoms. The van der Waals surface area contributed by atoms with Crippen molar-refractivity contribution in [2.75, 3.05) is 32.6 Å². The Bertz CT molecular complexity index is 1170. The molecule has 10 nitrogen and oxygen atoms in total. The molecule has 1 aliphatic rings. The van der Waals surface area contributed by atoms with Gasteiger partial charge in [-0.3, -0.25) is 9.63 Å². The van der Waals surface area contributed by atoms with Crippen molar-refractivity contribution in [1.29, 1.82) is 0 Å². The summed E-state index contributed by atoms with van der Waals surface area (Å²) in [7, 11) is -5.06. The third-order valence-electron chi connectivity index (χ3n) is 4.97. The molecule has 2 N–H and O–H groups in total. The quantitative estimate of drug-likeness (QED) is 0.549. The maximum Gasteiger partial charge on any atom is 0.262 e. The van der Waals surface area contributed by atoms with Gasteiger partial charge in [-0.05, 0) is 55.3 Å². The van der Waals surface area contributed by atoms with E-state index in [9.17, 15) is 21.6 Å². The molecule has 1 amide bonds. The number of nitrogens with one attached hydrogen (secondary N) is 2. The van der Waals surface area contributed by atoms with E-state index in [4.69, 9.17) is 4.74 Å². The second-order valence-corrected chi connectivity index (χ2v) is 10.7. The van der Waals surface area contributed by atoms with Crippen LogP contribution < -0.4 is 14.9 Å². The van der Waals surface area contributed by atoms with Gasteiger partial charge in [0.25, 0.3) is 15.9 Å². The molecule has 0 radical (unpaired) electrons. The Labute approximate surface area is 187 Å². The molecule has 174 valence electrons. The van der Waals surface area contributed by atoms with Crippen LogP contribution in [0.4, 0.5) is 5.69 Å². The summed E-state index contributed by atoms with van der Waals surface area (Å²) in [6, 6.07) is 9.59. The van der Waals surface area contributed by atoms with E-state index in [0.717, 1.165) is 19.3 Å². The molecule has 0 unspecified atom stereocenters. The minimum absolute atomic E-state index is 0.0215. The SMILES string of the molecule is CONS(=O)(=O)c1ccc(C(=O)Nc2ccc(OC)c(S(=O)(=O)N3CCCCC3)c2)cc1. The van der Waals surface area contributed by atoms with Crippen molar-refractivity contribution in [3.63, 3.8) is 0 Å². The van der Waals surface area contributed by atoms with Crippen molar-refractivity contribution < 1.29 is 31.2 Å². The molecule has 1 heterocycles. The first-order valence-corrected chi connectivity index (χ1v) is 12.8. The van der Waals surface area contributed by atoms with Crippen molar-refractivity contribution in [3.05, 3.63) is 48.0 Å². The van der Waals surface area contributed by atoms with E-state index >= 15 is 0 Å². The van der Waals surface area contributed by atoms with Crippen LogP contribution in [0.5, 0.6) is 5.75 Å². The summed E-state index contributed by atoms with van der Waals surface area (Å²) in [5.74, 6) is -0.339. The monoisotopic (exact) mass is 483 g/mol. The van der Waals surface area contributed by atoms with Gasteiger partial charge in [-0.15, -0.1) is 0 Å². The van der Waals surface area contributed by atoms with E-state index < -0.39 is 26.0 Å². The molecule has 0 atom stereocenters. The Morgan fingerprint density at radius 1 is 0.938 bits per heavy atom. The number of amides is 1. The fourth-order valence-corrected chi connectivity index (χ4v) is 5.86. The van der Waals surface area contributed by atoms with Gasteiger partial charge in [-0.2, -0.15) is 4.31 Å². The van der Waals surface area contributed by atoms with Gasteiger partial charge < -0.3 is 10.1 Å². The number of ether oxygens (including phenoxy) is 1. The summed E-state index contributed by atoms with van der Waals surface area (Å²) in [5, 5.41) is 2.64. The van der Waals surface area contributed by atoms with Crippen LogP contribution in [0.3, 0.4) is 0 Å². The molecule has 0 bridgehead atoms. The molecule has 2 aromatic rings. The second-order valence-electron chi connectivity index (χ2n) is 7.10. The highest BCUT2D eigenvalue weighted by Crippen LogP contribution is 2.31. The highest BCUT2D eigenvalue weighted by atomic mass is 32.2. The smallest absolute Gasteiger partial charge is 0.262 e. The Balaban J connectivity index is 1.83. The number of rotatable bonds is 8. The first kappa shape index (κ1) is 24.1. The zero-order valence-electron chi connectivity index (χ0n) is 17.7. The number of hydrogen-bond acceptors (Lipinski definition) is 7. The third-order valence-corrected chi connectivity index (χ3v) is 8.17. The summed E-state index contributed by atoms with van der Waals surface area (Å²) < 4.78 is 56.7. The first-order valence-electron chi connectivity index (χ1n) is 9.83. The lowest BCUT2D eigenvalue weighted by Gasteiger charge is -2.26. The average Bonchev–Trinajstić information content (AvgIpc) is 2.79. The Morgan fingerprint density at radius 3 is 2.19 bits per heavy atom. The maximum absolute atomic E-state index is 13.1. The van der Waals surface area contributed by atoms with Crippen LogP contribution in [0.25, 0.3) is 0 Å². The fourth-order valence-electron chi connectivity index (χ4n) is 3.35. The largest absolute Gasteiger partial charge is 0.495 e. The fraction of sp³-hybridized carbons (Fsp3) is 0.350. The Kier molecular flexibility index (Phi) is 7.51. The standard InChI is InChI=1S/C20H25N3O7S2/c1-29-18-11-8-16(14-19(18)32(27,28)23-12-4-3-5-13-23)21-20(24)15-6-9-17(10-7-15)31(25,26)22-30-2/h6-11,14,22H,3-5,12-13H2,1-2H3,(H,21,24). The number of hydrogen-bond donors (Lipinski definition) is 2. The number of nitrogens with zero attached hydrogens (tertiary/aromatic N) is 1. The van der Waals surface area contributed by atoms with Crippen LogP contribution in [0.1, 0.15) is 29.6 Å². The van der Waals surface area contributed by atoms with Crippen molar-refractivity contribution in [2.24, 2.45) is 0 Å². The number of benzene rings is 2. The highest BCUT2D eigenvalue weighted by molar-refractivity contribution is 7.89. The molecule has 2 aromatic carbocycles. The molecule has 12 heteroatoms. The zero-order chi connectivity index (χ0) is 23.4. The van der Waals surface area contributed by atoms with Crippen molar-refractivity contribution >= 4 is 31.6 Å². The van der Waals surface area contributed by atoms with Gasteiger partial charge in [0.2, 0.25) is 10.0 Å². The second kappa shape index (κ2) is 9.96. The molecule has 3 rings (SSSR count). The lowest BCUT2D eigenvalue weighted by Crippen LogP contribution is -2.35. The highest BCUT2D eigenvalue weighted by Gasteiger charge is 2.29. The normalized spacial score (nSPS) is 15.3. The van der Waals surface area contributed by atoms with Crippen LogP contribution in [-0.2, 0) is 24.9 Å². The van der Waals surface area contributed by atoms with Gasteiger partial charge in [0.15, 0.2) is 0 Å². The van der Waals surface area contributed by atoms with E-state index in [2.05, 4.69) is 10.2 Å². The van der Waals surface area contributed by atoms with Crippen molar-refractivity contribution in [2.45, 2.75) is 29.1 Å². The zero-order valence-corrected chi connectivity index (χ0v) is 19.3. The maximum atomic E-state index is 13.1. The van der Waals surface area contributed by atoms with Crippen LogP contribution in [0, 0.1) is 0 Å². The summed E-state index contributed by atoms with van der Waals surface area (Å²) in [6.45, 7) is 0.879. The average molecular weight is 484 g/mol. The van der Waals surface area contributed by atoms with Crippen molar-refractivity contribution in [1.82, 2.24) is 9.19 Å². The van der Waals surface area contributed by atoms with Crippen LogP contribution >= 0.6 is 0 Å². The van der Waals surface area contributed by atoms with Gasteiger partial charge in [-0.25, -0.2) is 16.8 Å². The minimum atomic E-state index is -3.84. The number of methoxy groups -OCH3 is 1. The predicted molar refractivity (Wildman–Crippen MR) is 117 cm³/mol. The number of carbonyl (C=O) groups excluding carboxylic acids is 1. The molecule has 0 spiro atoms. The van der Waals surface area contributed by atoms with Crippen molar-refractivity contribution in [3.8, 4) is 5.75 Å². The van der Waals surface area contributed by atoms with Gasteiger partial charge in [-0.1, -0.05) is 11.3 Å². The van der Waals surface area contributed by atoms with Gasteiger partial charge in [0.05, 0.1) is 19.1 Å². The molecule has 1 aliphatic heterocycles. The van der Waals surface area contributed by atoms with Crippen LogP contribution in [0.2, 0.25) is 0 Å². The summed E-state index contributed by atoms with van der Waals surface area (Å²) >= 11 is 0. The molecule has 0 aromatic heterocycles. The molecule has 1 saturated heterocycles. The van der Waals surface area contributed by atoms with E-state index in [0.29, 0.717) is 13.1 Å². The van der Waals surface area contributed by atoms with Crippen LogP contribution in [-0.4, -0.2) is 54.4 Å². The van der Waals surface area contributed by atoms with E-state index in [1.54, 1.807) is 0 Å². The molecular formula is C20H25N3O7S2. The molecule has 0 saturated carbocycles. The number of piperidine rings is 1. The minimum Gasteiger partial charge on any atom is -0.495 e. The van der Waals surface area contributed by atoms with E-state index in [1.807, 2.05) is 4.89 Å². The lowest BCUT2D eigenvalue weighted by atomic mass is 10.2. The number of carbonyl (C=O) groups is 1. The van der Waals surface area contributed by atoms with E-state index in [-0.39, 0.29) is 26.8 Å². The summed E-state index contributed by atoms with van der Waals surface area (Å²) in [6.07, 6.45) is 2.58. The summed E-state index contributed by atoms with van der Waals surface area (Å²) in [4.78, 5) is 18.9. The summed E-state index contributed by atoms with van der Waals surface area (Å²) in [5.41, 5.74) is 0.460. The van der Waals surface area contributed by atoms with Gasteiger partial charge in [0, 0.05) is 24.3 Å². The van der Waals surface area contributed by atoms with Gasteiger partial charge >= 0.3 is 0 Å². The van der Waals surface area contributed by atoms with E-state index in [1.165, 1.54) is 61.0 Å². The molecule has 1 fully saturated rings. The molecular weight excluding hydrogens is 458 g/mol. The Morgan fingerprint density at radius 2 is 1.59 bits per heavy atom.